The van der Waals surface area contributed by atoms with E-state index < -0.39 is 0 Å². The fourth-order valence-electron chi connectivity index (χ4n) is 3.79. The van der Waals surface area contributed by atoms with Crippen LogP contribution >= 0.6 is 0 Å². The van der Waals surface area contributed by atoms with Gasteiger partial charge in [0.15, 0.2) is 0 Å². The van der Waals surface area contributed by atoms with Gasteiger partial charge in [-0.05, 0) is 51.6 Å². The summed E-state index contributed by atoms with van der Waals surface area (Å²) in [5.74, 6) is 0. The molecule has 0 radical (unpaired) electrons. The Kier molecular flexibility index (Phi) is 4.13. The molecule has 1 aromatic rings. The molecule has 2 aliphatic rings. The maximum Gasteiger partial charge on any atom is 0.0224 e. The molecule has 0 N–H and O–H groups in total. The van der Waals surface area contributed by atoms with Crippen molar-refractivity contribution in [2.75, 3.05) is 26.2 Å². The van der Waals surface area contributed by atoms with Gasteiger partial charge in [0, 0.05) is 31.2 Å². The SMILES string of the molecule is CC(C)(CCc1ccccc1)N1CCN2CCCC2C1. The third kappa shape index (κ3) is 3.07. The molecule has 1 aromatic carbocycles. The van der Waals surface area contributed by atoms with Gasteiger partial charge in [-0.2, -0.15) is 0 Å². The van der Waals surface area contributed by atoms with E-state index in [1.807, 2.05) is 0 Å². The molecule has 2 nitrogen and oxygen atoms in total. The predicted octanol–water partition coefficient (Wildman–Crippen LogP) is 3.18. The number of hydrogen-bond acceptors (Lipinski definition) is 2. The van der Waals surface area contributed by atoms with E-state index in [0.29, 0.717) is 5.54 Å². The first-order chi connectivity index (χ1) is 9.65. The van der Waals surface area contributed by atoms with Crippen LogP contribution in [0.1, 0.15) is 38.7 Å². The lowest BCUT2D eigenvalue weighted by molar-refractivity contribution is 0.0281. The second-order valence-corrected chi connectivity index (χ2v) is 7.08. The van der Waals surface area contributed by atoms with Crippen molar-refractivity contribution in [1.82, 2.24) is 9.80 Å². The molecule has 2 aliphatic heterocycles. The lowest BCUT2D eigenvalue weighted by Gasteiger charge is -2.46. The van der Waals surface area contributed by atoms with E-state index in [9.17, 15) is 0 Å². The summed E-state index contributed by atoms with van der Waals surface area (Å²) in [6.07, 6.45) is 5.26. The van der Waals surface area contributed by atoms with Crippen LogP contribution in [0.3, 0.4) is 0 Å². The Hall–Kier alpha value is -0.860. The van der Waals surface area contributed by atoms with Crippen molar-refractivity contribution in [2.45, 2.75) is 51.1 Å². The van der Waals surface area contributed by atoms with Crippen LogP contribution in [0.5, 0.6) is 0 Å². The molecule has 20 heavy (non-hydrogen) atoms. The molecule has 0 aromatic heterocycles. The molecule has 0 aliphatic carbocycles. The summed E-state index contributed by atoms with van der Waals surface area (Å²) in [7, 11) is 0. The Morgan fingerprint density at radius 1 is 1.10 bits per heavy atom. The third-order valence-electron chi connectivity index (χ3n) is 5.31. The van der Waals surface area contributed by atoms with E-state index >= 15 is 0 Å². The normalized spacial score (nSPS) is 24.8. The molecule has 1 unspecified atom stereocenters. The van der Waals surface area contributed by atoms with Crippen molar-refractivity contribution in [3.63, 3.8) is 0 Å². The van der Waals surface area contributed by atoms with Crippen LogP contribution in [0.4, 0.5) is 0 Å². The predicted molar refractivity (Wildman–Crippen MR) is 85.0 cm³/mol. The number of fused-ring (bicyclic) bond motifs is 1. The summed E-state index contributed by atoms with van der Waals surface area (Å²) in [6.45, 7) is 10.0. The van der Waals surface area contributed by atoms with E-state index in [2.05, 4.69) is 54.0 Å². The van der Waals surface area contributed by atoms with Crippen molar-refractivity contribution in [2.24, 2.45) is 0 Å². The molecule has 2 heterocycles. The summed E-state index contributed by atoms with van der Waals surface area (Å²) in [5.41, 5.74) is 1.80. The molecule has 3 rings (SSSR count). The zero-order valence-electron chi connectivity index (χ0n) is 13.0. The molecule has 0 saturated carbocycles. The molecule has 1 atom stereocenters. The number of rotatable bonds is 4. The maximum absolute atomic E-state index is 2.74. The van der Waals surface area contributed by atoms with E-state index in [1.165, 1.54) is 57.4 Å². The van der Waals surface area contributed by atoms with Crippen LogP contribution in [0.15, 0.2) is 30.3 Å². The average molecular weight is 272 g/mol. The number of hydrogen-bond donors (Lipinski definition) is 0. The molecular weight excluding hydrogens is 244 g/mol. The third-order valence-corrected chi connectivity index (χ3v) is 5.31. The number of nitrogens with zero attached hydrogens (tertiary/aromatic N) is 2. The van der Waals surface area contributed by atoms with Crippen LogP contribution in [0, 0.1) is 0 Å². The summed E-state index contributed by atoms with van der Waals surface area (Å²) in [6, 6.07) is 11.8. The molecule has 0 spiro atoms. The zero-order chi connectivity index (χ0) is 14.0. The molecule has 0 bridgehead atoms. The Morgan fingerprint density at radius 2 is 1.90 bits per heavy atom. The Labute approximate surface area is 123 Å². The molecule has 2 heteroatoms. The molecule has 0 amide bonds. The minimum Gasteiger partial charge on any atom is -0.298 e. The highest BCUT2D eigenvalue weighted by molar-refractivity contribution is 5.15. The van der Waals surface area contributed by atoms with Gasteiger partial charge in [-0.15, -0.1) is 0 Å². The second kappa shape index (κ2) is 5.87. The first kappa shape index (κ1) is 14.1. The lowest BCUT2D eigenvalue weighted by Crippen LogP contribution is -2.57. The van der Waals surface area contributed by atoms with E-state index in [1.54, 1.807) is 0 Å². The molecule has 2 saturated heterocycles. The van der Waals surface area contributed by atoms with E-state index in [4.69, 9.17) is 0 Å². The molecule has 110 valence electrons. The van der Waals surface area contributed by atoms with Gasteiger partial charge in [-0.25, -0.2) is 0 Å². The van der Waals surface area contributed by atoms with Crippen LogP contribution in [-0.4, -0.2) is 47.6 Å². The van der Waals surface area contributed by atoms with Gasteiger partial charge in [0.2, 0.25) is 0 Å². The lowest BCUT2D eigenvalue weighted by atomic mass is 9.92. The van der Waals surface area contributed by atoms with E-state index in [-0.39, 0.29) is 0 Å². The quantitative estimate of drug-likeness (QED) is 0.830. The highest BCUT2D eigenvalue weighted by Gasteiger charge is 2.36. The minimum absolute atomic E-state index is 0.324. The van der Waals surface area contributed by atoms with Gasteiger partial charge in [-0.3, -0.25) is 9.80 Å². The topological polar surface area (TPSA) is 6.48 Å². The zero-order valence-corrected chi connectivity index (χ0v) is 13.0. The fourth-order valence-corrected chi connectivity index (χ4v) is 3.79. The Balaban J connectivity index is 1.57. The highest BCUT2D eigenvalue weighted by Crippen LogP contribution is 2.28. The first-order valence-electron chi connectivity index (χ1n) is 8.18. The highest BCUT2D eigenvalue weighted by atomic mass is 15.3. The van der Waals surface area contributed by atoms with Gasteiger partial charge in [0.1, 0.15) is 0 Å². The summed E-state index contributed by atoms with van der Waals surface area (Å²) < 4.78 is 0. The number of piperazine rings is 1. The number of aryl methyl sites for hydroxylation is 1. The second-order valence-electron chi connectivity index (χ2n) is 7.08. The standard InChI is InChI=1S/C18H28N2/c1-18(2,11-10-16-7-4-3-5-8-16)20-14-13-19-12-6-9-17(19)15-20/h3-5,7-8,17H,6,9-15H2,1-2H3. The fraction of sp³-hybridized carbons (Fsp3) is 0.667. The van der Waals surface area contributed by atoms with Crippen LogP contribution < -0.4 is 0 Å². The van der Waals surface area contributed by atoms with Crippen LogP contribution in [0.2, 0.25) is 0 Å². The van der Waals surface area contributed by atoms with Gasteiger partial charge < -0.3 is 0 Å². The molecular formula is C18H28N2. The van der Waals surface area contributed by atoms with Gasteiger partial charge in [0.25, 0.3) is 0 Å². The average Bonchev–Trinajstić information content (AvgIpc) is 2.94. The van der Waals surface area contributed by atoms with Gasteiger partial charge in [0.05, 0.1) is 0 Å². The van der Waals surface area contributed by atoms with Crippen molar-refractivity contribution < 1.29 is 0 Å². The Morgan fingerprint density at radius 3 is 2.70 bits per heavy atom. The van der Waals surface area contributed by atoms with Crippen LogP contribution in [-0.2, 0) is 6.42 Å². The largest absolute Gasteiger partial charge is 0.298 e. The summed E-state index contributed by atoms with van der Waals surface area (Å²) >= 11 is 0. The monoisotopic (exact) mass is 272 g/mol. The van der Waals surface area contributed by atoms with Crippen molar-refractivity contribution in [3.05, 3.63) is 35.9 Å². The summed E-state index contributed by atoms with van der Waals surface area (Å²) in [4.78, 5) is 5.44. The van der Waals surface area contributed by atoms with Crippen LogP contribution in [0.25, 0.3) is 0 Å². The summed E-state index contributed by atoms with van der Waals surface area (Å²) in [5, 5.41) is 0. The minimum atomic E-state index is 0.324. The van der Waals surface area contributed by atoms with Gasteiger partial charge in [-0.1, -0.05) is 30.3 Å². The number of benzene rings is 1. The first-order valence-corrected chi connectivity index (χ1v) is 8.18. The van der Waals surface area contributed by atoms with Crippen molar-refractivity contribution in [1.29, 1.82) is 0 Å². The van der Waals surface area contributed by atoms with Gasteiger partial charge >= 0.3 is 0 Å². The Bertz CT molecular complexity index is 426. The molecule has 2 fully saturated rings. The smallest absolute Gasteiger partial charge is 0.0224 e. The van der Waals surface area contributed by atoms with E-state index in [0.717, 1.165) is 6.04 Å². The van der Waals surface area contributed by atoms with Crippen molar-refractivity contribution >= 4 is 0 Å². The maximum atomic E-state index is 2.74. The van der Waals surface area contributed by atoms with Crippen molar-refractivity contribution in [3.8, 4) is 0 Å².